The summed E-state index contributed by atoms with van der Waals surface area (Å²) in [6.45, 7) is 5.19. The molecule has 0 aliphatic carbocycles. The molecule has 0 amide bonds. The Kier molecular flexibility index (Phi) is 4.03. The Balaban J connectivity index is 2.39. The topological polar surface area (TPSA) is 69.4 Å². The van der Waals surface area contributed by atoms with Crippen LogP contribution in [0.25, 0.3) is 0 Å². The van der Waals surface area contributed by atoms with Crippen molar-refractivity contribution in [1.82, 2.24) is 0 Å². The van der Waals surface area contributed by atoms with Crippen LogP contribution in [0.2, 0.25) is 0 Å². The molecule has 0 saturated heterocycles. The highest BCUT2D eigenvalue weighted by atomic mass is 16.6. The molecule has 0 aliphatic rings. The zero-order valence-electron chi connectivity index (χ0n) is 12.0. The van der Waals surface area contributed by atoms with Crippen molar-refractivity contribution in [2.24, 2.45) is 0 Å². The number of carbonyl (C=O) groups is 1. The number of hydrogen-bond acceptors (Lipinski definition) is 4. The zero-order chi connectivity index (χ0) is 15.6. The molecule has 0 aromatic heterocycles. The molecule has 5 nitrogen and oxygen atoms in total. The fraction of sp³-hybridized carbons (Fsp3) is 0.188. The smallest absolute Gasteiger partial charge is 0.280 e. The van der Waals surface area contributed by atoms with Crippen LogP contribution in [-0.4, -0.2) is 10.7 Å². The van der Waals surface area contributed by atoms with Crippen LogP contribution in [-0.2, 0) is 0 Å². The van der Waals surface area contributed by atoms with Gasteiger partial charge in [0.1, 0.15) is 11.5 Å². The van der Waals surface area contributed by atoms with Gasteiger partial charge in [0, 0.05) is 6.07 Å². The minimum absolute atomic E-state index is 0.0438. The van der Waals surface area contributed by atoms with Gasteiger partial charge in [-0.15, -0.1) is 0 Å². The molecule has 0 aliphatic heterocycles. The number of benzene rings is 2. The summed E-state index contributed by atoms with van der Waals surface area (Å²) in [7, 11) is 0. The molecule has 0 N–H and O–H groups in total. The Bertz CT molecular complexity index is 722. The first-order valence-corrected chi connectivity index (χ1v) is 6.43. The van der Waals surface area contributed by atoms with Crippen molar-refractivity contribution in [1.29, 1.82) is 0 Å². The van der Waals surface area contributed by atoms with Gasteiger partial charge in [-0.1, -0.05) is 17.7 Å². The van der Waals surface area contributed by atoms with E-state index in [0.29, 0.717) is 11.5 Å². The van der Waals surface area contributed by atoms with Crippen molar-refractivity contribution in [2.75, 3.05) is 0 Å². The summed E-state index contributed by atoms with van der Waals surface area (Å²) in [4.78, 5) is 21.9. The molecule has 21 heavy (non-hydrogen) atoms. The number of nitro groups is 1. The van der Waals surface area contributed by atoms with E-state index in [9.17, 15) is 14.9 Å². The van der Waals surface area contributed by atoms with E-state index < -0.39 is 4.92 Å². The molecule has 2 aromatic rings. The van der Waals surface area contributed by atoms with Crippen LogP contribution >= 0.6 is 0 Å². The molecule has 0 heterocycles. The second-order valence-electron chi connectivity index (χ2n) is 4.86. The Morgan fingerprint density at radius 1 is 1.14 bits per heavy atom. The summed E-state index contributed by atoms with van der Waals surface area (Å²) in [5.41, 5.74) is 1.91. The largest absolute Gasteiger partial charge is 0.457 e. The first-order valence-electron chi connectivity index (χ1n) is 6.43. The van der Waals surface area contributed by atoms with Crippen LogP contribution in [0.3, 0.4) is 0 Å². The van der Waals surface area contributed by atoms with Gasteiger partial charge in [-0.05, 0) is 44.5 Å². The van der Waals surface area contributed by atoms with Gasteiger partial charge in [0.25, 0.3) is 5.69 Å². The third-order valence-corrected chi connectivity index (χ3v) is 3.10. The minimum Gasteiger partial charge on any atom is -0.457 e. The average molecular weight is 285 g/mol. The van der Waals surface area contributed by atoms with Crippen LogP contribution in [0.15, 0.2) is 36.4 Å². The van der Waals surface area contributed by atoms with Crippen molar-refractivity contribution < 1.29 is 14.5 Å². The van der Waals surface area contributed by atoms with Gasteiger partial charge in [0.2, 0.25) is 0 Å². The van der Waals surface area contributed by atoms with E-state index in [-0.39, 0.29) is 17.0 Å². The molecule has 0 radical (unpaired) electrons. The lowest BCUT2D eigenvalue weighted by Crippen LogP contribution is -2.00. The first-order chi connectivity index (χ1) is 9.88. The highest BCUT2D eigenvalue weighted by Gasteiger charge is 2.18. The summed E-state index contributed by atoms with van der Waals surface area (Å²) >= 11 is 0. The molecule has 0 fully saturated rings. The predicted molar refractivity (Wildman–Crippen MR) is 79.1 cm³/mol. The zero-order valence-corrected chi connectivity index (χ0v) is 12.0. The van der Waals surface area contributed by atoms with Gasteiger partial charge in [-0.3, -0.25) is 14.9 Å². The number of nitrogens with zero attached hydrogens (tertiary/aromatic N) is 1. The molecular formula is C16H15NO4. The van der Waals surface area contributed by atoms with E-state index in [1.165, 1.54) is 25.1 Å². The molecule has 2 aromatic carbocycles. The fourth-order valence-corrected chi connectivity index (χ4v) is 2.06. The van der Waals surface area contributed by atoms with E-state index in [4.69, 9.17) is 4.74 Å². The Morgan fingerprint density at radius 2 is 1.86 bits per heavy atom. The first kappa shape index (κ1) is 14.7. The van der Waals surface area contributed by atoms with Crippen molar-refractivity contribution >= 4 is 11.5 Å². The third-order valence-electron chi connectivity index (χ3n) is 3.10. The number of nitro benzene ring substituents is 1. The molecule has 0 atom stereocenters. The number of Topliss-reactive ketones (excluding diaryl/α,β-unsaturated/α-hetero) is 1. The number of aryl methyl sites for hydroxylation is 2. The lowest BCUT2D eigenvalue weighted by molar-refractivity contribution is -0.385. The van der Waals surface area contributed by atoms with Crippen molar-refractivity contribution in [3.8, 4) is 11.5 Å². The molecular weight excluding hydrogens is 270 g/mol. The van der Waals surface area contributed by atoms with Gasteiger partial charge >= 0.3 is 0 Å². The average Bonchev–Trinajstić information content (AvgIpc) is 2.41. The summed E-state index contributed by atoms with van der Waals surface area (Å²) in [5.74, 6) is 0.689. The van der Waals surface area contributed by atoms with Crippen molar-refractivity contribution in [3.63, 3.8) is 0 Å². The normalized spacial score (nSPS) is 10.2. The molecule has 0 unspecified atom stereocenters. The number of ketones is 1. The maximum atomic E-state index is 11.5. The predicted octanol–water partition coefficient (Wildman–Crippen LogP) is 4.21. The summed E-state index contributed by atoms with van der Waals surface area (Å²) in [5, 5.41) is 10.9. The number of ether oxygens (including phenoxy) is 1. The Morgan fingerprint density at radius 3 is 2.43 bits per heavy atom. The molecule has 0 bridgehead atoms. The standard InChI is InChI=1S/C16H15NO4/c1-10-4-7-16(11(2)8-10)21-13-5-6-15(17(19)20)14(9-13)12(3)18/h4-9H,1-3H3. The van der Waals surface area contributed by atoms with Crippen molar-refractivity contribution in [2.45, 2.75) is 20.8 Å². The van der Waals surface area contributed by atoms with Crippen molar-refractivity contribution in [3.05, 3.63) is 63.2 Å². The highest BCUT2D eigenvalue weighted by Crippen LogP contribution is 2.30. The highest BCUT2D eigenvalue weighted by molar-refractivity contribution is 5.98. The third kappa shape index (κ3) is 3.25. The molecule has 0 saturated carbocycles. The van der Waals surface area contributed by atoms with Crippen LogP contribution in [0.4, 0.5) is 5.69 Å². The summed E-state index contributed by atoms with van der Waals surface area (Å²) in [6, 6.07) is 9.91. The fourth-order valence-electron chi connectivity index (χ4n) is 2.06. The van der Waals surface area contributed by atoms with Crippen LogP contribution in [0.5, 0.6) is 11.5 Å². The SMILES string of the molecule is CC(=O)c1cc(Oc2ccc(C)cc2C)ccc1[N+](=O)[O-]. The quantitative estimate of drug-likeness (QED) is 0.479. The van der Waals surface area contributed by atoms with E-state index in [1.807, 2.05) is 32.0 Å². The summed E-state index contributed by atoms with van der Waals surface area (Å²) in [6.07, 6.45) is 0. The molecule has 5 heteroatoms. The Hall–Kier alpha value is -2.69. The van der Waals surface area contributed by atoms with Crippen LogP contribution < -0.4 is 4.74 Å². The minimum atomic E-state index is -0.572. The second-order valence-corrected chi connectivity index (χ2v) is 4.86. The van der Waals surface area contributed by atoms with E-state index in [1.54, 1.807) is 0 Å². The number of rotatable bonds is 4. The van der Waals surface area contributed by atoms with E-state index in [0.717, 1.165) is 11.1 Å². The van der Waals surface area contributed by atoms with Gasteiger partial charge < -0.3 is 4.74 Å². The second kappa shape index (κ2) is 5.75. The lowest BCUT2D eigenvalue weighted by Gasteiger charge is -2.10. The van der Waals surface area contributed by atoms with Gasteiger partial charge in [-0.25, -0.2) is 0 Å². The Labute approximate surface area is 122 Å². The lowest BCUT2D eigenvalue weighted by atomic mass is 10.1. The van der Waals surface area contributed by atoms with E-state index >= 15 is 0 Å². The molecule has 108 valence electrons. The maximum Gasteiger partial charge on any atom is 0.280 e. The number of carbonyl (C=O) groups excluding carboxylic acids is 1. The van der Waals surface area contributed by atoms with Crippen LogP contribution in [0, 0.1) is 24.0 Å². The number of hydrogen-bond donors (Lipinski definition) is 0. The maximum absolute atomic E-state index is 11.5. The van der Waals surface area contributed by atoms with Gasteiger partial charge in [0.05, 0.1) is 10.5 Å². The molecule has 2 rings (SSSR count). The van der Waals surface area contributed by atoms with Crippen LogP contribution in [0.1, 0.15) is 28.4 Å². The molecule has 0 spiro atoms. The van der Waals surface area contributed by atoms with Gasteiger partial charge in [-0.2, -0.15) is 0 Å². The summed E-state index contributed by atoms with van der Waals surface area (Å²) < 4.78 is 5.71. The van der Waals surface area contributed by atoms with Gasteiger partial charge in [0.15, 0.2) is 5.78 Å². The van der Waals surface area contributed by atoms with E-state index in [2.05, 4.69) is 0 Å². The monoisotopic (exact) mass is 285 g/mol.